The second kappa shape index (κ2) is 9.11. The number of aromatic nitrogens is 3. The average Bonchev–Trinajstić information content (AvgIpc) is 3.09. The summed E-state index contributed by atoms with van der Waals surface area (Å²) in [5.41, 5.74) is 4.81. The van der Waals surface area contributed by atoms with E-state index in [1.807, 2.05) is 27.9 Å². The molecule has 3 aromatic rings. The molecule has 0 saturated heterocycles. The summed E-state index contributed by atoms with van der Waals surface area (Å²) >= 11 is 1.25. The van der Waals surface area contributed by atoms with Crippen LogP contribution in [0.2, 0.25) is 0 Å². The number of thiazole rings is 1. The van der Waals surface area contributed by atoms with Crippen molar-refractivity contribution in [1.82, 2.24) is 25.0 Å². The van der Waals surface area contributed by atoms with Gasteiger partial charge in [0.2, 0.25) is 0 Å². The number of rotatable bonds is 6. The molecule has 0 spiro atoms. The van der Waals surface area contributed by atoms with E-state index in [4.69, 9.17) is 0 Å². The van der Waals surface area contributed by atoms with Gasteiger partial charge in [-0.25, -0.2) is 9.67 Å². The lowest BCUT2D eigenvalue weighted by Crippen LogP contribution is -2.34. The zero-order chi connectivity index (χ0) is 22.9. The Balaban J connectivity index is 1.85. The van der Waals surface area contributed by atoms with E-state index in [0.29, 0.717) is 27.7 Å². The summed E-state index contributed by atoms with van der Waals surface area (Å²) in [5, 5.41) is 7.81. The molecule has 0 aliphatic heterocycles. The van der Waals surface area contributed by atoms with Crippen LogP contribution in [0.25, 0.3) is 10.6 Å². The van der Waals surface area contributed by atoms with Gasteiger partial charge in [0.25, 0.3) is 11.5 Å². The molecule has 164 valence electrons. The van der Waals surface area contributed by atoms with Gasteiger partial charge in [0, 0.05) is 13.6 Å². The number of carbonyl (C=O) groups is 1. The van der Waals surface area contributed by atoms with E-state index >= 15 is 0 Å². The zero-order valence-electron chi connectivity index (χ0n) is 19.1. The largest absolute Gasteiger partial charge is 0.349 e. The highest BCUT2D eigenvalue weighted by Crippen LogP contribution is 2.29. The highest BCUT2D eigenvalue weighted by molar-refractivity contribution is 7.17. The molecule has 0 aliphatic carbocycles. The van der Waals surface area contributed by atoms with Crippen LogP contribution < -0.4 is 10.9 Å². The highest BCUT2D eigenvalue weighted by Gasteiger charge is 2.22. The normalized spacial score (nSPS) is 12.3. The molecule has 2 aromatic heterocycles. The summed E-state index contributed by atoms with van der Waals surface area (Å²) in [6.07, 6.45) is 0. The lowest BCUT2D eigenvalue weighted by atomic mass is 10.0. The Morgan fingerprint density at radius 2 is 1.77 bits per heavy atom. The second-order valence-corrected chi connectivity index (χ2v) is 9.05. The number of benzene rings is 1. The van der Waals surface area contributed by atoms with Crippen molar-refractivity contribution >= 4 is 17.2 Å². The zero-order valence-corrected chi connectivity index (χ0v) is 19.9. The third-order valence-electron chi connectivity index (χ3n) is 5.48. The monoisotopic (exact) mass is 439 g/mol. The molecule has 31 heavy (non-hydrogen) atoms. The fraction of sp³-hybridized carbons (Fsp3) is 0.391. The minimum atomic E-state index is -0.212. The van der Waals surface area contributed by atoms with Crippen molar-refractivity contribution in [1.29, 1.82) is 0 Å². The minimum absolute atomic E-state index is 0.0506. The molecule has 0 bridgehead atoms. The van der Waals surface area contributed by atoms with Gasteiger partial charge in [-0.3, -0.25) is 9.59 Å². The van der Waals surface area contributed by atoms with Crippen LogP contribution in [0.3, 0.4) is 0 Å². The first-order chi connectivity index (χ1) is 14.6. The SMILES string of the molecule is Cc1ccc(C(CNC(=O)c2sc(-c3c(C)c(C)nn(C)c3=O)nc2C)N(C)C)cc1. The van der Waals surface area contributed by atoms with E-state index in [9.17, 15) is 9.59 Å². The van der Waals surface area contributed by atoms with Crippen molar-refractivity contribution in [3.05, 3.63) is 67.6 Å². The Labute approximate surface area is 186 Å². The van der Waals surface area contributed by atoms with Gasteiger partial charge >= 0.3 is 0 Å². The maximum Gasteiger partial charge on any atom is 0.277 e. The topological polar surface area (TPSA) is 80.1 Å². The maximum absolute atomic E-state index is 13.0. The Kier molecular flexibility index (Phi) is 6.71. The van der Waals surface area contributed by atoms with Crippen molar-refractivity contribution in [2.75, 3.05) is 20.6 Å². The molecule has 1 unspecified atom stereocenters. The van der Waals surface area contributed by atoms with Gasteiger partial charge in [-0.15, -0.1) is 11.3 Å². The Morgan fingerprint density at radius 3 is 2.39 bits per heavy atom. The van der Waals surface area contributed by atoms with Crippen LogP contribution in [0.4, 0.5) is 0 Å². The van der Waals surface area contributed by atoms with Gasteiger partial charge in [-0.1, -0.05) is 29.8 Å². The Hall–Kier alpha value is -2.84. The predicted molar refractivity (Wildman–Crippen MR) is 125 cm³/mol. The van der Waals surface area contributed by atoms with Crippen LogP contribution in [0.1, 0.15) is 43.8 Å². The molecule has 0 radical (unpaired) electrons. The summed E-state index contributed by atoms with van der Waals surface area (Å²) in [4.78, 5) is 32.8. The molecule has 0 saturated carbocycles. The molecule has 2 heterocycles. The molecule has 7 nitrogen and oxygen atoms in total. The third-order valence-corrected chi connectivity index (χ3v) is 6.66. The number of nitrogens with one attached hydrogen (secondary N) is 1. The van der Waals surface area contributed by atoms with Crippen LogP contribution in [0, 0.1) is 27.7 Å². The van der Waals surface area contributed by atoms with Gasteiger partial charge in [0.15, 0.2) is 0 Å². The van der Waals surface area contributed by atoms with Crippen LogP contribution in [-0.4, -0.2) is 46.2 Å². The quantitative estimate of drug-likeness (QED) is 0.638. The number of amides is 1. The van der Waals surface area contributed by atoms with Crippen molar-refractivity contribution in [2.45, 2.75) is 33.7 Å². The summed E-state index contributed by atoms with van der Waals surface area (Å²) < 4.78 is 1.32. The second-order valence-electron chi connectivity index (χ2n) is 8.05. The molecule has 1 atom stereocenters. The van der Waals surface area contributed by atoms with Gasteiger partial charge in [0.05, 0.1) is 23.0 Å². The van der Waals surface area contributed by atoms with Gasteiger partial charge in [-0.05, 0) is 52.9 Å². The van der Waals surface area contributed by atoms with E-state index < -0.39 is 0 Å². The van der Waals surface area contributed by atoms with Crippen molar-refractivity contribution in [2.24, 2.45) is 7.05 Å². The van der Waals surface area contributed by atoms with Gasteiger partial charge in [-0.2, -0.15) is 5.10 Å². The smallest absolute Gasteiger partial charge is 0.277 e. The number of nitrogens with zero attached hydrogens (tertiary/aromatic N) is 4. The van der Waals surface area contributed by atoms with E-state index in [1.165, 1.54) is 21.6 Å². The maximum atomic E-state index is 13.0. The van der Waals surface area contributed by atoms with Crippen LogP contribution in [0.15, 0.2) is 29.1 Å². The summed E-state index contributed by atoms with van der Waals surface area (Å²) in [5.74, 6) is -0.180. The lowest BCUT2D eigenvalue weighted by molar-refractivity contribution is 0.0945. The molecular formula is C23H29N5O2S. The van der Waals surface area contributed by atoms with Crippen LogP contribution >= 0.6 is 11.3 Å². The summed E-state index contributed by atoms with van der Waals surface area (Å²) in [6, 6.07) is 8.38. The predicted octanol–water partition coefficient (Wildman–Crippen LogP) is 3.17. The van der Waals surface area contributed by atoms with E-state index in [2.05, 4.69) is 51.5 Å². The first-order valence-electron chi connectivity index (χ1n) is 10.1. The molecule has 1 amide bonds. The molecule has 8 heteroatoms. The van der Waals surface area contributed by atoms with E-state index in [-0.39, 0.29) is 17.5 Å². The van der Waals surface area contributed by atoms with Gasteiger partial charge < -0.3 is 10.2 Å². The standard InChI is InChI=1S/C23H29N5O2S/c1-13-8-10-17(11-9-13)18(27(5)6)12-24-21(29)20-16(4)25-22(31-20)19-14(2)15(3)26-28(7)23(19)30/h8-11,18H,12H2,1-7H3,(H,24,29). The Morgan fingerprint density at radius 1 is 1.13 bits per heavy atom. The summed E-state index contributed by atoms with van der Waals surface area (Å²) in [6.45, 7) is 8.04. The molecule has 0 aliphatic rings. The molecule has 1 aromatic carbocycles. The molecular weight excluding hydrogens is 410 g/mol. The molecule has 0 fully saturated rings. The van der Waals surface area contributed by atoms with Crippen molar-refractivity contribution in [3.63, 3.8) is 0 Å². The first kappa shape index (κ1) is 22.8. The number of hydrogen-bond donors (Lipinski definition) is 1. The average molecular weight is 440 g/mol. The summed E-state index contributed by atoms with van der Waals surface area (Å²) in [7, 11) is 5.62. The van der Waals surface area contributed by atoms with Crippen LogP contribution in [0.5, 0.6) is 0 Å². The first-order valence-corrected chi connectivity index (χ1v) is 10.9. The van der Waals surface area contributed by atoms with E-state index in [1.54, 1.807) is 14.0 Å². The number of hydrogen-bond acceptors (Lipinski definition) is 6. The highest BCUT2D eigenvalue weighted by atomic mass is 32.1. The minimum Gasteiger partial charge on any atom is -0.349 e. The fourth-order valence-corrected chi connectivity index (χ4v) is 4.55. The lowest BCUT2D eigenvalue weighted by Gasteiger charge is -2.25. The number of aryl methyl sites for hydroxylation is 4. The molecule has 3 rings (SSSR count). The third kappa shape index (κ3) is 4.75. The number of carbonyl (C=O) groups excluding carboxylic acids is 1. The molecule has 1 N–H and O–H groups in total. The number of likely N-dealkylation sites (N-methyl/N-ethyl adjacent to an activating group) is 1. The van der Waals surface area contributed by atoms with Crippen molar-refractivity contribution in [3.8, 4) is 10.6 Å². The fourth-order valence-electron chi connectivity index (χ4n) is 3.47. The van der Waals surface area contributed by atoms with Gasteiger partial charge in [0.1, 0.15) is 9.88 Å². The Bertz CT molecular complexity index is 1160. The van der Waals surface area contributed by atoms with Crippen LogP contribution in [-0.2, 0) is 7.05 Å². The van der Waals surface area contributed by atoms with Crippen molar-refractivity contribution < 1.29 is 4.79 Å². The van der Waals surface area contributed by atoms with E-state index in [0.717, 1.165) is 16.8 Å².